The van der Waals surface area contributed by atoms with Crippen LogP contribution < -0.4 is 5.32 Å². The molecule has 3 heteroatoms. The van der Waals surface area contributed by atoms with Gasteiger partial charge in [-0.05, 0) is 33.1 Å². The standard InChI is InChI=1S/C14H30N2O/c1-11(2)7-13-9-16(12(3)8-15-13)10-14(4,5)17-6/h11-13,15H,7-10H2,1-6H3. The fourth-order valence-electron chi connectivity index (χ4n) is 2.49. The molecule has 0 radical (unpaired) electrons. The number of piperazine rings is 1. The molecule has 1 aliphatic rings. The second-order valence-electron chi connectivity index (χ2n) is 6.48. The Bertz CT molecular complexity index is 228. The maximum absolute atomic E-state index is 5.54. The molecule has 0 aromatic heterocycles. The summed E-state index contributed by atoms with van der Waals surface area (Å²) >= 11 is 0. The van der Waals surface area contributed by atoms with Crippen LogP contribution in [0.1, 0.15) is 41.0 Å². The molecular formula is C14H30N2O. The molecule has 1 N–H and O–H groups in total. The average Bonchev–Trinajstić information content (AvgIpc) is 2.22. The van der Waals surface area contributed by atoms with Gasteiger partial charge < -0.3 is 10.1 Å². The molecule has 0 aromatic carbocycles. The van der Waals surface area contributed by atoms with Crippen LogP contribution >= 0.6 is 0 Å². The Hall–Kier alpha value is -0.120. The third-order valence-corrected chi connectivity index (χ3v) is 3.67. The lowest BCUT2D eigenvalue weighted by Gasteiger charge is -2.42. The van der Waals surface area contributed by atoms with E-state index in [1.165, 1.54) is 6.42 Å². The zero-order chi connectivity index (χ0) is 13.1. The third kappa shape index (κ3) is 4.94. The van der Waals surface area contributed by atoms with Gasteiger partial charge in [0.05, 0.1) is 5.60 Å². The second-order valence-corrected chi connectivity index (χ2v) is 6.48. The lowest BCUT2D eigenvalue weighted by atomic mass is 9.98. The van der Waals surface area contributed by atoms with Crippen LogP contribution in [0.2, 0.25) is 0 Å². The van der Waals surface area contributed by atoms with Crippen molar-refractivity contribution in [3.05, 3.63) is 0 Å². The summed E-state index contributed by atoms with van der Waals surface area (Å²) in [5.41, 5.74) is -0.0476. The minimum Gasteiger partial charge on any atom is -0.377 e. The van der Waals surface area contributed by atoms with Gasteiger partial charge in [-0.1, -0.05) is 13.8 Å². The molecule has 0 amide bonds. The van der Waals surface area contributed by atoms with E-state index in [0.29, 0.717) is 12.1 Å². The van der Waals surface area contributed by atoms with Crippen molar-refractivity contribution in [3.63, 3.8) is 0 Å². The topological polar surface area (TPSA) is 24.5 Å². The van der Waals surface area contributed by atoms with Crippen LogP contribution in [0, 0.1) is 5.92 Å². The highest BCUT2D eigenvalue weighted by atomic mass is 16.5. The normalized spacial score (nSPS) is 27.7. The average molecular weight is 242 g/mol. The Morgan fingerprint density at radius 1 is 1.41 bits per heavy atom. The maximum atomic E-state index is 5.54. The molecule has 1 rings (SSSR count). The number of ether oxygens (including phenoxy) is 1. The molecule has 1 fully saturated rings. The van der Waals surface area contributed by atoms with Crippen molar-refractivity contribution in [1.29, 1.82) is 0 Å². The van der Waals surface area contributed by atoms with E-state index >= 15 is 0 Å². The summed E-state index contributed by atoms with van der Waals surface area (Å²) in [7, 11) is 1.80. The highest BCUT2D eigenvalue weighted by Gasteiger charge is 2.29. The second kappa shape index (κ2) is 6.17. The smallest absolute Gasteiger partial charge is 0.0749 e. The van der Waals surface area contributed by atoms with Gasteiger partial charge in [0.15, 0.2) is 0 Å². The summed E-state index contributed by atoms with van der Waals surface area (Å²) in [5, 5.41) is 3.65. The molecule has 1 heterocycles. The molecule has 3 nitrogen and oxygen atoms in total. The number of hydrogen-bond donors (Lipinski definition) is 1. The molecule has 1 saturated heterocycles. The van der Waals surface area contributed by atoms with Crippen LogP contribution in [0.25, 0.3) is 0 Å². The number of nitrogens with one attached hydrogen (secondary N) is 1. The van der Waals surface area contributed by atoms with Gasteiger partial charge in [0.1, 0.15) is 0 Å². The van der Waals surface area contributed by atoms with E-state index in [4.69, 9.17) is 4.74 Å². The monoisotopic (exact) mass is 242 g/mol. The first kappa shape index (κ1) is 14.9. The van der Waals surface area contributed by atoms with Crippen molar-refractivity contribution in [1.82, 2.24) is 10.2 Å². The Labute approximate surface area is 107 Å². The molecule has 17 heavy (non-hydrogen) atoms. The summed E-state index contributed by atoms with van der Waals surface area (Å²) in [4.78, 5) is 2.56. The quantitative estimate of drug-likeness (QED) is 0.799. The first-order chi connectivity index (χ1) is 7.84. The predicted molar refractivity (Wildman–Crippen MR) is 73.4 cm³/mol. The van der Waals surface area contributed by atoms with Crippen LogP contribution in [-0.4, -0.2) is 49.3 Å². The Balaban J connectivity index is 2.51. The largest absolute Gasteiger partial charge is 0.377 e. The summed E-state index contributed by atoms with van der Waals surface area (Å²) in [5.74, 6) is 0.762. The summed E-state index contributed by atoms with van der Waals surface area (Å²) in [6.45, 7) is 14.5. The van der Waals surface area contributed by atoms with Gasteiger partial charge in [-0.15, -0.1) is 0 Å². The molecule has 0 saturated carbocycles. The van der Waals surface area contributed by atoms with Crippen LogP contribution in [-0.2, 0) is 4.74 Å². The lowest BCUT2D eigenvalue weighted by Crippen LogP contribution is -2.58. The van der Waals surface area contributed by atoms with Gasteiger partial charge in [-0.2, -0.15) is 0 Å². The van der Waals surface area contributed by atoms with E-state index in [-0.39, 0.29) is 5.60 Å². The van der Waals surface area contributed by atoms with Gasteiger partial charge in [0.2, 0.25) is 0 Å². The van der Waals surface area contributed by atoms with Crippen LogP contribution in [0.15, 0.2) is 0 Å². The molecule has 102 valence electrons. The minimum atomic E-state index is -0.0476. The summed E-state index contributed by atoms with van der Waals surface area (Å²) in [6, 6.07) is 1.24. The SMILES string of the molecule is COC(C)(C)CN1CC(CC(C)C)NCC1C. The van der Waals surface area contributed by atoms with Crippen LogP contribution in [0.3, 0.4) is 0 Å². The Kier molecular flexibility index (Phi) is 5.42. The lowest BCUT2D eigenvalue weighted by molar-refractivity contribution is -0.0254. The van der Waals surface area contributed by atoms with E-state index in [0.717, 1.165) is 25.6 Å². The molecule has 1 aliphatic heterocycles. The van der Waals surface area contributed by atoms with E-state index in [2.05, 4.69) is 44.8 Å². The molecular weight excluding hydrogens is 212 g/mol. The van der Waals surface area contributed by atoms with Crippen molar-refractivity contribution in [2.24, 2.45) is 5.92 Å². The molecule has 2 atom stereocenters. The predicted octanol–water partition coefficient (Wildman–Crippen LogP) is 2.12. The maximum Gasteiger partial charge on any atom is 0.0749 e. The first-order valence-electron chi connectivity index (χ1n) is 6.86. The van der Waals surface area contributed by atoms with Crippen molar-refractivity contribution in [3.8, 4) is 0 Å². The van der Waals surface area contributed by atoms with E-state index in [9.17, 15) is 0 Å². The zero-order valence-corrected chi connectivity index (χ0v) is 12.4. The van der Waals surface area contributed by atoms with E-state index in [1.54, 1.807) is 7.11 Å². The highest BCUT2D eigenvalue weighted by molar-refractivity contribution is 4.87. The molecule has 0 bridgehead atoms. The van der Waals surface area contributed by atoms with Crippen molar-refractivity contribution >= 4 is 0 Å². The number of nitrogens with zero attached hydrogens (tertiary/aromatic N) is 1. The van der Waals surface area contributed by atoms with Crippen molar-refractivity contribution < 1.29 is 4.74 Å². The van der Waals surface area contributed by atoms with Crippen molar-refractivity contribution in [2.75, 3.05) is 26.7 Å². The molecule has 0 aliphatic carbocycles. The van der Waals surface area contributed by atoms with Gasteiger partial charge >= 0.3 is 0 Å². The summed E-state index contributed by atoms with van der Waals surface area (Å²) < 4.78 is 5.54. The Morgan fingerprint density at radius 2 is 2.06 bits per heavy atom. The van der Waals surface area contributed by atoms with Gasteiger partial charge in [0.25, 0.3) is 0 Å². The van der Waals surface area contributed by atoms with Crippen molar-refractivity contribution in [2.45, 2.75) is 58.7 Å². The van der Waals surface area contributed by atoms with Crippen LogP contribution in [0.4, 0.5) is 0 Å². The number of methoxy groups -OCH3 is 1. The number of rotatable bonds is 5. The highest BCUT2D eigenvalue weighted by Crippen LogP contribution is 2.17. The number of hydrogen-bond acceptors (Lipinski definition) is 3. The molecule has 2 unspecified atom stereocenters. The van der Waals surface area contributed by atoms with E-state index in [1.807, 2.05) is 0 Å². The van der Waals surface area contributed by atoms with Gasteiger partial charge in [0, 0.05) is 38.8 Å². The fraction of sp³-hybridized carbons (Fsp3) is 1.00. The molecule has 0 spiro atoms. The first-order valence-corrected chi connectivity index (χ1v) is 6.86. The Morgan fingerprint density at radius 3 is 2.59 bits per heavy atom. The zero-order valence-electron chi connectivity index (χ0n) is 12.4. The third-order valence-electron chi connectivity index (χ3n) is 3.67. The fourth-order valence-corrected chi connectivity index (χ4v) is 2.49. The van der Waals surface area contributed by atoms with Gasteiger partial charge in [-0.25, -0.2) is 0 Å². The minimum absolute atomic E-state index is 0.0476. The van der Waals surface area contributed by atoms with E-state index < -0.39 is 0 Å². The van der Waals surface area contributed by atoms with Crippen LogP contribution in [0.5, 0.6) is 0 Å². The summed E-state index contributed by atoms with van der Waals surface area (Å²) in [6.07, 6.45) is 1.26. The molecule has 0 aromatic rings. The van der Waals surface area contributed by atoms with Gasteiger partial charge in [-0.3, -0.25) is 4.90 Å².